The summed E-state index contributed by atoms with van der Waals surface area (Å²) in [5, 5.41) is 2.89. The second-order valence-corrected chi connectivity index (χ2v) is 7.11. The van der Waals surface area contributed by atoms with Crippen molar-refractivity contribution in [2.75, 3.05) is 25.0 Å². The van der Waals surface area contributed by atoms with Crippen molar-refractivity contribution >= 4 is 17.5 Å². The van der Waals surface area contributed by atoms with E-state index in [0.717, 1.165) is 5.69 Å². The van der Waals surface area contributed by atoms with Gasteiger partial charge in [0.25, 0.3) is 11.8 Å². The van der Waals surface area contributed by atoms with Gasteiger partial charge in [0.05, 0.1) is 12.7 Å². The number of nitrogens with one attached hydrogen (secondary N) is 1. The smallest absolute Gasteiger partial charge is 0.255 e. The second-order valence-electron chi connectivity index (χ2n) is 7.11. The molecule has 6 nitrogen and oxygen atoms in total. The van der Waals surface area contributed by atoms with Crippen molar-refractivity contribution in [2.45, 2.75) is 13.0 Å². The van der Waals surface area contributed by atoms with Crippen LogP contribution in [0.2, 0.25) is 0 Å². The van der Waals surface area contributed by atoms with Gasteiger partial charge in [-0.2, -0.15) is 0 Å². The SMILES string of the molecule is CC1CN(C(=O)c2cccc(NC(=O)c3cccc(-n4cccc4)c3)c2)CCO1. The van der Waals surface area contributed by atoms with Crippen LogP contribution in [0.4, 0.5) is 5.69 Å². The highest BCUT2D eigenvalue weighted by Gasteiger charge is 2.22. The molecule has 1 N–H and O–H groups in total. The van der Waals surface area contributed by atoms with E-state index in [4.69, 9.17) is 4.74 Å². The summed E-state index contributed by atoms with van der Waals surface area (Å²) < 4.78 is 7.45. The van der Waals surface area contributed by atoms with Gasteiger partial charge >= 0.3 is 0 Å². The molecule has 1 fully saturated rings. The molecule has 0 aliphatic carbocycles. The number of hydrogen-bond donors (Lipinski definition) is 1. The Kier molecular flexibility index (Phi) is 5.44. The molecule has 29 heavy (non-hydrogen) atoms. The Morgan fingerprint density at radius 1 is 1.00 bits per heavy atom. The van der Waals surface area contributed by atoms with Gasteiger partial charge in [0, 0.05) is 48.0 Å². The lowest BCUT2D eigenvalue weighted by Crippen LogP contribution is -2.44. The van der Waals surface area contributed by atoms with Gasteiger partial charge in [-0.1, -0.05) is 12.1 Å². The third kappa shape index (κ3) is 4.38. The predicted octanol–water partition coefficient (Wildman–Crippen LogP) is 3.59. The first-order valence-corrected chi connectivity index (χ1v) is 9.66. The Balaban J connectivity index is 1.49. The summed E-state index contributed by atoms with van der Waals surface area (Å²) >= 11 is 0. The number of morpholine rings is 1. The predicted molar refractivity (Wildman–Crippen MR) is 111 cm³/mol. The standard InChI is InChI=1S/C23H23N3O3/c1-17-16-26(12-13-29-17)23(28)19-7-4-8-20(14-19)24-22(27)18-6-5-9-21(15-18)25-10-2-3-11-25/h2-11,14-15,17H,12-13,16H2,1H3,(H,24,27). The van der Waals surface area contributed by atoms with E-state index in [0.29, 0.717) is 36.5 Å². The van der Waals surface area contributed by atoms with Gasteiger partial charge in [0.1, 0.15) is 0 Å². The van der Waals surface area contributed by atoms with Crippen LogP contribution in [0.15, 0.2) is 73.1 Å². The molecule has 0 spiro atoms. The number of aromatic nitrogens is 1. The molecule has 1 aromatic heterocycles. The lowest BCUT2D eigenvalue weighted by molar-refractivity contribution is -0.0124. The van der Waals surface area contributed by atoms with Crippen LogP contribution in [0.1, 0.15) is 27.6 Å². The molecule has 4 rings (SSSR count). The van der Waals surface area contributed by atoms with Crippen LogP contribution >= 0.6 is 0 Å². The van der Waals surface area contributed by atoms with Crippen LogP contribution in [0.3, 0.4) is 0 Å². The molecule has 0 saturated carbocycles. The topological polar surface area (TPSA) is 63.6 Å². The van der Waals surface area contributed by atoms with Crippen LogP contribution in [0.25, 0.3) is 5.69 Å². The first-order chi connectivity index (χ1) is 14.1. The molecule has 1 unspecified atom stereocenters. The number of benzene rings is 2. The van der Waals surface area contributed by atoms with Gasteiger partial charge in [-0.15, -0.1) is 0 Å². The van der Waals surface area contributed by atoms with Crippen molar-refractivity contribution in [1.29, 1.82) is 0 Å². The first kappa shape index (κ1) is 19.0. The van der Waals surface area contributed by atoms with Crippen molar-refractivity contribution in [3.8, 4) is 5.69 Å². The number of carbonyl (C=O) groups excluding carboxylic acids is 2. The number of ether oxygens (including phenoxy) is 1. The maximum Gasteiger partial charge on any atom is 0.255 e. The third-order valence-electron chi connectivity index (χ3n) is 4.91. The summed E-state index contributed by atoms with van der Waals surface area (Å²) in [7, 11) is 0. The lowest BCUT2D eigenvalue weighted by atomic mass is 10.1. The monoisotopic (exact) mass is 389 g/mol. The zero-order valence-electron chi connectivity index (χ0n) is 16.2. The van der Waals surface area contributed by atoms with Crippen LogP contribution in [0, 0.1) is 0 Å². The quantitative estimate of drug-likeness (QED) is 0.742. The fourth-order valence-corrected chi connectivity index (χ4v) is 3.43. The number of carbonyl (C=O) groups is 2. The van der Waals surface area contributed by atoms with Gasteiger partial charge in [0.2, 0.25) is 0 Å². The van der Waals surface area contributed by atoms with Gasteiger partial charge < -0.3 is 19.5 Å². The van der Waals surface area contributed by atoms with E-state index in [-0.39, 0.29) is 17.9 Å². The minimum atomic E-state index is -0.219. The third-order valence-corrected chi connectivity index (χ3v) is 4.91. The fourth-order valence-electron chi connectivity index (χ4n) is 3.43. The minimum Gasteiger partial charge on any atom is -0.375 e. The van der Waals surface area contributed by atoms with Crippen molar-refractivity contribution in [3.05, 3.63) is 84.2 Å². The molecule has 148 valence electrons. The molecular weight excluding hydrogens is 366 g/mol. The van der Waals surface area contributed by atoms with Crippen LogP contribution < -0.4 is 5.32 Å². The van der Waals surface area contributed by atoms with Gasteiger partial charge in [-0.3, -0.25) is 9.59 Å². The molecule has 1 atom stereocenters. The maximum atomic E-state index is 12.8. The lowest BCUT2D eigenvalue weighted by Gasteiger charge is -2.31. The largest absolute Gasteiger partial charge is 0.375 e. The zero-order valence-corrected chi connectivity index (χ0v) is 16.2. The van der Waals surface area contributed by atoms with Gasteiger partial charge in [-0.05, 0) is 55.5 Å². The Morgan fingerprint density at radius 2 is 1.76 bits per heavy atom. The summed E-state index contributed by atoms with van der Waals surface area (Å²) in [6, 6.07) is 18.3. The molecular formula is C23H23N3O3. The molecule has 2 aromatic carbocycles. The Labute approximate surface area is 169 Å². The molecule has 1 aliphatic heterocycles. The van der Waals surface area contributed by atoms with E-state index < -0.39 is 0 Å². The Morgan fingerprint density at radius 3 is 2.55 bits per heavy atom. The first-order valence-electron chi connectivity index (χ1n) is 9.66. The van der Waals surface area contributed by atoms with Crippen molar-refractivity contribution in [1.82, 2.24) is 9.47 Å². The number of amides is 2. The summed E-state index contributed by atoms with van der Waals surface area (Å²) in [6.07, 6.45) is 3.89. The zero-order chi connectivity index (χ0) is 20.2. The number of nitrogens with zero attached hydrogens (tertiary/aromatic N) is 2. The molecule has 0 bridgehead atoms. The van der Waals surface area contributed by atoms with E-state index >= 15 is 0 Å². The van der Waals surface area contributed by atoms with Crippen molar-refractivity contribution in [2.24, 2.45) is 0 Å². The van der Waals surface area contributed by atoms with E-state index in [1.54, 1.807) is 35.2 Å². The summed E-state index contributed by atoms with van der Waals surface area (Å²) in [4.78, 5) is 27.3. The number of rotatable bonds is 4. The fraction of sp³-hybridized carbons (Fsp3) is 0.217. The molecule has 6 heteroatoms. The Hall–Kier alpha value is -3.38. The van der Waals surface area contributed by atoms with E-state index in [1.165, 1.54) is 0 Å². The summed E-state index contributed by atoms with van der Waals surface area (Å²) in [5.74, 6) is -0.269. The molecule has 1 saturated heterocycles. The summed E-state index contributed by atoms with van der Waals surface area (Å²) in [6.45, 7) is 3.65. The highest BCUT2D eigenvalue weighted by atomic mass is 16.5. The highest BCUT2D eigenvalue weighted by molar-refractivity contribution is 6.05. The Bertz CT molecular complexity index is 1010. The highest BCUT2D eigenvalue weighted by Crippen LogP contribution is 2.17. The van der Waals surface area contributed by atoms with Gasteiger partial charge in [0.15, 0.2) is 0 Å². The van der Waals surface area contributed by atoms with E-state index in [1.807, 2.05) is 54.2 Å². The van der Waals surface area contributed by atoms with E-state index in [2.05, 4.69) is 5.32 Å². The van der Waals surface area contributed by atoms with E-state index in [9.17, 15) is 9.59 Å². The van der Waals surface area contributed by atoms with Gasteiger partial charge in [-0.25, -0.2) is 0 Å². The van der Waals surface area contributed by atoms with Crippen LogP contribution in [-0.4, -0.2) is 47.1 Å². The molecule has 0 radical (unpaired) electrons. The maximum absolute atomic E-state index is 12.8. The van der Waals surface area contributed by atoms with Crippen molar-refractivity contribution in [3.63, 3.8) is 0 Å². The number of hydrogen-bond acceptors (Lipinski definition) is 3. The van der Waals surface area contributed by atoms with Crippen LogP contribution in [0.5, 0.6) is 0 Å². The average Bonchev–Trinajstić information content (AvgIpc) is 3.28. The molecule has 2 amide bonds. The average molecular weight is 389 g/mol. The molecule has 2 heterocycles. The van der Waals surface area contributed by atoms with Crippen molar-refractivity contribution < 1.29 is 14.3 Å². The molecule has 1 aliphatic rings. The molecule has 3 aromatic rings. The second kappa shape index (κ2) is 8.32. The number of anilines is 1. The normalized spacial score (nSPS) is 16.4. The minimum absolute atomic E-state index is 0.0307. The van der Waals surface area contributed by atoms with Crippen LogP contribution in [-0.2, 0) is 4.74 Å². The summed E-state index contributed by atoms with van der Waals surface area (Å²) in [5.41, 5.74) is 2.61.